The van der Waals surface area contributed by atoms with Gasteiger partial charge in [0.25, 0.3) is 5.91 Å². The first kappa shape index (κ1) is 20.0. The van der Waals surface area contributed by atoms with Crippen LogP contribution in [0, 0.1) is 0 Å². The molecule has 9 heteroatoms. The fraction of sp³-hybridized carbons (Fsp3) is 0.550. The number of hydrogen-bond acceptors (Lipinski definition) is 7. The standard InChI is InChI=1S/C20H26N4O5/c21-10-20(11-25)12-29-7-6-23(20)8-13-2-1-3-14-9-24(19(28)17(13)14)15-4-5-16(26)22-18(15)27/h1-3,15,25H,4-12,21H2,(H,22,26,27). The van der Waals surface area contributed by atoms with Crippen LogP contribution in [0.4, 0.5) is 0 Å². The number of fused-ring (bicyclic) bond motifs is 1. The average Bonchev–Trinajstić information content (AvgIpc) is 3.06. The van der Waals surface area contributed by atoms with Gasteiger partial charge in [-0.25, -0.2) is 0 Å². The van der Waals surface area contributed by atoms with E-state index in [-0.39, 0.29) is 31.4 Å². The van der Waals surface area contributed by atoms with Gasteiger partial charge in [0.05, 0.1) is 25.4 Å². The van der Waals surface area contributed by atoms with Gasteiger partial charge in [-0.05, 0) is 17.5 Å². The van der Waals surface area contributed by atoms with Crippen molar-refractivity contribution in [1.29, 1.82) is 0 Å². The molecular weight excluding hydrogens is 376 g/mol. The second-order valence-corrected chi connectivity index (χ2v) is 7.91. The minimum Gasteiger partial charge on any atom is -0.394 e. The molecule has 4 rings (SSSR count). The molecule has 0 bridgehead atoms. The summed E-state index contributed by atoms with van der Waals surface area (Å²) >= 11 is 0. The van der Waals surface area contributed by atoms with Gasteiger partial charge in [-0.1, -0.05) is 18.2 Å². The molecule has 0 spiro atoms. The third kappa shape index (κ3) is 3.44. The number of piperidine rings is 1. The van der Waals surface area contributed by atoms with E-state index >= 15 is 0 Å². The van der Waals surface area contributed by atoms with E-state index in [4.69, 9.17) is 10.5 Å². The lowest BCUT2D eigenvalue weighted by molar-refractivity contribution is -0.136. The number of ether oxygens (including phenoxy) is 1. The van der Waals surface area contributed by atoms with Crippen LogP contribution in [-0.4, -0.2) is 77.1 Å². The number of rotatable bonds is 5. The zero-order valence-corrected chi connectivity index (χ0v) is 16.2. The van der Waals surface area contributed by atoms with Crippen LogP contribution in [0.15, 0.2) is 18.2 Å². The molecule has 3 aliphatic heterocycles. The molecule has 4 N–H and O–H groups in total. The quantitative estimate of drug-likeness (QED) is 0.538. The number of carbonyl (C=O) groups is 3. The smallest absolute Gasteiger partial charge is 0.255 e. The molecule has 3 amide bonds. The van der Waals surface area contributed by atoms with Gasteiger partial charge < -0.3 is 20.5 Å². The SMILES string of the molecule is NCC1(CO)COCCN1Cc1cccc2c1C(=O)N(C1CCC(=O)NC1=O)C2. The Hall–Kier alpha value is -2.33. The van der Waals surface area contributed by atoms with Gasteiger partial charge in [-0.15, -0.1) is 0 Å². The van der Waals surface area contributed by atoms with Crippen LogP contribution in [0.5, 0.6) is 0 Å². The predicted molar refractivity (Wildman–Crippen MR) is 103 cm³/mol. The number of imide groups is 1. The van der Waals surface area contributed by atoms with E-state index in [1.54, 1.807) is 4.90 Å². The van der Waals surface area contributed by atoms with Crippen LogP contribution in [-0.2, 0) is 27.4 Å². The van der Waals surface area contributed by atoms with Crippen molar-refractivity contribution in [2.75, 3.05) is 32.9 Å². The van der Waals surface area contributed by atoms with Crippen LogP contribution in [0.2, 0.25) is 0 Å². The monoisotopic (exact) mass is 402 g/mol. The van der Waals surface area contributed by atoms with Crippen LogP contribution < -0.4 is 11.1 Å². The second kappa shape index (κ2) is 7.83. The van der Waals surface area contributed by atoms with Gasteiger partial charge in [-0.3, -0.25) is 24.6 Å². The first-order valence-corrected chi connectivity index (χ1v) is 9.88. The second-order valence-electron chi connectivity index (χ2n) is 7.91. The normalized spacial score (nSPS) is 27.9. The lowest BCUT2D eigenvalue weighted by Crippen LogP contribution is -2.62. The number of aliphatic hydroxyl groups excluding tert-OH is 1. The lowest BCUT2D eigenvalue weighted by atomic mass is 9.95. The molecule has 2 atom stereocenters. The number of benzene rings is 1. The molecule has 0 aromatic heterocycles. The van der Waals surface area contributed by atoms with E-state index in [1.165, 1.54) is 0 Å². The first-order chi connectivity index (χ1) is 14.0. The van der Waals surface area contributed by atoms with E-state index in [1.807, 2.05) is 18.2 Å². The Morgan fingerprint density at radius 1 is 1.31 bits per heavy atom. The molecule has 1 aromatic carbocycles. The average molecular weight is 402 g/mol. The number of nitrogens with zero attached hydrogens (tertiary/aromatic N) is 2. The van der Waals surface area contributed by atoms with E-state index < -0.39 is 17.5 Å². The van der Waals surface area contributed by atoms with E-state index in [0.29, 0.717) is 44.8 Å². The summed E-state index contributed by atoms with van der Waals surface area (Å²) < 4.78 is 5.54. The largest absolute Gasteiger partial charge is 0.394 e. The molecule has 0 saturated carbocycles. The van der Waals surface area contributed by atoms with Gasteiger partial charge in [-0.2, -0.15) is 0 Å². The van der Waals surface area contributed by atoms with Crippen LogP contribution >= 0.6 is 0 Å². The Labute approximate surface area is 168 Å². The highest BCUT2D eigenvalue weighted by Gasteiger charge is 2.42. The summed E-state index contributed by atoms with van der Waals surface area (Å²) in [6.45, 7) is 2.40. The Morgan fingerprint density at radius 3 is 2.86 bits per heavy atom. The summed E-state index contributed by atoms with van der Waals surface area (Å²) in [4.78, 5) is 40.6. The van der Waals surface area contributed by atoms with Crippen molar-refractivity contribution in [2.24, 2.45) is 5.73 Å². The number of carbonyl (C=O) groups excluding carboxylic acids is 3. The van der Waals surface area contributed by atoms with Gasteiger partial charge >= 0.3 is 0 Å². The highest BCUT2D eigenvalue weighted by atomic mass is 16.5. The molecule has 156 valence electrons. The molecule has 2 fully saturated rings. The van der Waals surface area contributed by atoms with Crippen molar-refractivity contribution in [3.05, 3.63) is 34.9 Å². The fourth-order valence-electron chi connectivity index (χ4n) is 4.44. The van der Waals surface area contributed by atoms with Crippen molar-refractivity contribution in [2.45, 2.75) is 37.5 Å². The molecule has 9 nitrogen and oxygen atoms in total. The van der Waals surface area contributed by atoms with Crippen molar-refractivity contribution in [3.63, 3.8) is 0 Å². The minimum absolute atomic E-state index is 0.130. The number of amides is 3. The summed E-state index contributed by atoms with van der Waals surface area (Å²) in [5, 5.41) is 12.3. The van der Waals surface area contributed by atoms with E-state index in [2.05, 4.69) is 10.2 Å². The molecule has 3 heterocycles. The summed E-state index contributed by atoms with van der Waals surface area (Å²) in [5.41, 5.74) is 7.59. The van der Waals surface area contributed by atoms with Crippen LogP contribution in [0.3, 0.4) is 0 Å². The summed E-state index contributed by atoms with van der Waals surface area (Å²) in [7, 11) is 0. The van der Waals surface area contributed by atoms with Gasteiger partial charge in [0, 0.05) is 38.2 Å². The summed E-state index contributed by atoms with van der Waals surface area (Å²) in [5.74, 6) is -0.911. The molecule has 1 aromatic rings. The number of aliphatic hydroxyl groups is 1. The molecule has 3 aliphatic rings. The van der Waals surface area contributed by atoms with Gasteiger partial charge in [0.1, 0.15) is 6.04 Å². The maximum atomic E-state index is 13.2. The third-order valence-electron chi connectivity index (χ3n) is 6.22. The number of nitrogens with one attached hydrogen (secondary N) is 1. The van der Waals surface area contributed by atoms with Crippen molar-refractivity contribution in [1.82, 2.24) is 15.1 Å². The topological polar surface area (TPSA) is 125 Å². The van der Waals surface area contributed by atoms with Crippen LogP contribution in [0.1, 0.15) is 34.3 Å². The van der Waals surface area contributed by atoms with Crippen molar-refractivity contribution in [3.8, 4) is 0 Å². The van der Waals surface area contributed by atoms with Gasteiger partial charge in [0.15, 0.2) is 0 Å². The maximum Gasteiger partial charge on any atom is 0.255 e. The van der Waals surface area contributed by atoms with E-state index in [9.17, 15) is 19.5 Å². The Balaban J connectivity index is 1.59. The Kier molecular flexibility index (Phi) is 5.39. The third-order valence-corrected chi connectivity index (χ3v) is 6.22. The molecular formula is C20H26N4O5. The van der Waals surface area contributed by atoms with Crippen molar-refractivity contribution < 1.29 is 24.2 Å². The van der Waals surface area contributed by atoms with Gasteiger partial charge in [0.2, 0.25) is 11.8 Å². The Morgan fingerprint density at radius 2 is 2.14 bits per heavy atom. The van der Waals surface area contributed by atoms with E-state index in [0.717, 1.165) is 11.1 Å². The zero-order valence-electron chi connectivity index (χ0n) is 16.2. The highest BCUT2D eigenvalue weighted by molar-refractivity contribution is 6.05. The number of morpholine rings is 1. The molecule has 0 aliphatic carbocycles. The lowest BCUT2D eigenvalue weighted by Gasteiger charge is -2.45. The zero-order chi connectivity index (χ0) is 20.6. The first-order valence-electron chi connectivity index (χ1n) is 9.88. The highest BCUT2D eigenvalue weighted by Crippen LogP contribution is 2.32. The number of nitrogens with two attached hydrogens (primary N) is 1. The summed E-state index contributed by atoms with van der Waals surface area (Å²) in [6, 6.07) is 5.06. The Bertz CT molecular complexity index is 838. The van der Waals surface area contributed by atoms with Crippen molar-refractivity contribution >= 4 is 17.7 Å². The molecule has 2 saturated heterocycles. The predicted octanol–water partition coefficient (Wildman–Crippen LogP) is -1.03. The molecule has 29 heavy (non-hydrogen) atoms. The fourth-order valence-corrected chi connectivity index (χ4v) is 4.44. The molecule has 0 radical (unpaired) electrons. The maximum absolute atomic E-state index is 13.2. The minimum atomic E-state index is -0.675. The summed E-state index contributed by atoms with van der Waals surface area (Å²) in [6.07, 6.45) is 0.566. The molecule has 2 unspecified atom stereocenters. The number of hydrogen-bond donors (Lipinski definition) is 3. The van der Waals surface area contributed by atoms with Crippen LogP contribution in [0.25, 0.3) is 0 Å².